The van der Waals surface area contributed by atoms with Gasteiger partial charge in [0.2, 0.25) is 0 Å². The third kappa shape index (κ3) is 6.18. The van der Waals surface area contributed by atoms with Gasteiger partial charge >= 0.3 is 23.7 Å². The Labute approximate surface area is 283 Å². The van der Waals surface area contributed by atoms with Crippen LogP contribution in [0.2, 0.25) is 0 Å². The van der Waals surface area contributed by atoms with Crippen LogP contribution in [0.4, 0.5) is 4.79 Å². The van der Waals surface area contributed by atoms with Gasteiger partial charge in [-0.05, 0) is 55.2 Å². The summed E-state index contributed by atoms with van der Waals surface area (Å²) in [6, 6.07) is 14.1. The zero-order valence-electron chi connectivity index (χ0n) is 28.2. The Kier molecular flexibility index (Phi) is 9.04. The quantitative estimate of drug-likeness (QED) is 0.246. The van der Waals surface area contributed by atoms with Crippen molar-refractivity contribution in [3.05, 3.63) is 82.5 Å². The fraction of sp³-hybridized carbons (Fsp3) is 0.486. The Hall–Kier alpha value is -4.71. The summed E-state index contributed by atoms with van der Waals surface area (Å²) in [5.41, 5.74) is -2.68. The number of ether oxygens (including phenoxy) is 5. The van der Waals surface area contributed by atoms with E-state index in [0.29, 0.717) is 18.4 Å². The van der Waals surface area contributed by atoms with Gasteiger partial charge in [0.05, 0.1) is 6.10 Å². The summed E-state index contributed by atoms with van der Waals surface area (Å²) in [4.78, 5) is 55.5. The number of hydrogen-bond acceptors (Lipinski definition) is 12. The Balaban J connectivity index is 1.45. The first-order valence-electron chi connectivity index (χ1n) is 16.4. The van der Waals surface area contributed by atoms with Crippen molar-refractivity contribution in [2.75, 3.05) is 6.61 Å². The Morgan fingerprint density at radius 1 is 0.980 bits per heavy atom. The number of carbonyl (C=O) groups is 3. The van der Waals surface area contributed by atoms with Crippen LogP contribution in [0, 0.1) is 22.7 Å². The fourth-order valence-corrected chi connectivity index (χ4v) is 8.70. The second kappa shape index (κ2) is 13.0. The zero-order chi connectivity index (χ0) is 35.1. The SMILES string of the molecule is CC(=O)OC[C@@]1(C)C2C[C@H](OC(=O)OCc3ccccc3)[C@@]3(C)Oc4cc(-c5cccnc5)oc(=O)c4C(O)C3[C@@]2(C)CC[C@@H]1OC(C)=O. The van der Waals surface area contributed by atoms with E-state index in [-0.39, 0.29) is 36.7 Å². The van der Waals surface area contributed by atoms with Crippen LogP contribution in [-0.4, -0.2) is 52.6 Å². The van der Waals surface area contributed by atoms with Gasteiger partial charge < -0.3 is 33.2 Å². The van der Waals surface area contributed by atoms with Crippen LogP contribution in [0.25, 0.3) is 11.3 Å². The monoisotopic (exact) mass is 675 g/mol. The summed E-state index contributed by atoms with van der Waals surface area (Å²) in [5.74, 6) is -2.00. The first-order chi connectivity index (χ1) is 23.3. The van der Waals surface area contributed by atoms with Crippen molar-refractivity contribution in [2.45, 2.75) is 84.4 Å². The Morgan fingerprint density at radius 3 is 2.41 bits per heavy atom. The third-order valence-corrected chi connectivity index (χ3v) is 10.9. The lowest BCUT2D eigenvalue weighted by Crippen LogP contribution is -2.71. The smallest absolute Gasteiger partial charge is 0.482 e. The number of fused-ring (bicyclic) bond motifs is 4. The molecule has 0 radical (unpaired) electrons. The number of hydrogen-bond donors (Lipinski definition) is 1. The molecule has 12 nitrogen and oxygen atoms in total. The Bertz CT molecular complexity index is 1780. The van der Waals surface area contributed by atoms with Gasteiger partial charge in [0.25, 0.3) is 0 Å². The zero-order valence-corrected chi connectivity index (χ0v) is 28.2. The van der Waals surface area contributed by atoms with E-state index in [0.717, 1.165) is 5.56 Å². The number of rotatable bonds is 7. The van der Waals surface area contributed by atoms with E-state index in [1.807, 2.05) is 44.2 Å². The fourth-order valence-electron chi connectivity index (χ4n) is 8.70. The standard InChI is InChI=1S/C37H41NO11/c1-21(39)45-20-36(4)27-17-29(48-34(43)44-19-23-10-7-6-8-11-23)37(5)32(35(27,3)14-13-28(36)46-22(2)40)31(41)30-26(49-37)16-25(47-33(30)42)24-12-9-15-38-18-24/h6-12,15-16,18,27-29,31-32,41H,13-14,17,19-20H2,1-5H3/t27?,28-,29-,31?,32?,35-,36-,37+/m0/s1. The number of aliphatic hydroxyl groups excluding tert-OH is 1. The summed E-state index contributed by atoms with van der Waals surface area (Å²) in [5, 5.41) is 12.3. The molecule has 3 unspecified atom stereocenters. The molecule has 3 heterocycles. The first kappa shape index (κ1) is 34.2. The number of nitrogens with zero attached hydrogens (tertiary/aromatic N) is 1. The van der Waals surface area contributed by atoms with E-state index in [1.54, 1.807) is 37.5 Å². The molecule has 2 aromatic heterocycles. The largest absolute Gasteiger partial charge is 0.509 e. The minimum atomic E-state index is -1.41. The summed E-state index contributed by atoms with van der Waals surface area (Å²) < 4.78 is 35.5. The summed E-state index contributed by atoms with van der Waals surface area (Å²) in [6.45, 7) is 8.12. The van der Waals surface area contributed by atoms with Gasteiger partial charge in [-0.15, -0.1) is 0 Å². The number of pyridine rings is 1. The molecule has 3 aliphatic rings. The molecule has 1 N–H and O–H groups in total. The summed E-state index contributed by atoms with van der Waals surface area (Å²) >= 11 is 0. The van der Waals surface area contributed by atoms with Gasteiger partial charge in [-0.2, -0.15) is 0 Å². The topological polar surface area (TPSA) is 161 Å². The maximum Gasteiger partial charge on any atom is 0.509 e. The van der Waals surface area contributed by atoms with Gasteiger partial charge in [-0.3, -0.25) is 14.6 Å². The van der Waals surface area contributed by atoms with Crippen LogP contribution >= 0.6 is 0 Å². The molecule has 0 amide bonds. The summed E-state index contributed by atoms with van der Waals surface area (Å²) in [6.07, 6.45) is 0.117. The molecule has 3 aromatic rings. The number of esters is 2. The maximum absolute atomic E-state index is 13.6. The van der Waals surface area contributed by atoms with E-state index >= 15 is 0 Å². The van der Waals surface area contributed by atoms with Crippen molar-refractivity contribution in [1.29, 1.82) is 0 Å². The van der Waals surface area contributed by atoms with Crippen molar-refractivity contribution >= 4 is 18.1 Å². The molecule has 49 heavy (non-hydrogen) atoms. The second-order valence-electron chi connectivity index (χ2n) is 14.0. The van der Waals surface area contributed by atoms with Crippen LogP contribution in [0.15, 0.2) is 70.1 Å². The van der Waals surface area contributed by atoms with Crippen molar-refractivity contribution in [3.8, 4) is 17.1 Å². The molecule has 1 aromatic carbocycles. The average molecular weight is 676 g/mol. The molecule has 260 valence electrons. The molecule has 6 rings (SSSR count). The normalized spacial score (nSPS) is 31.5. The van der Waals surface area contributed by atoms with E-state index in [1.165, 1.54) is 13.8 Å². The van der Waals surface area contributed by atoms with Gasteiger partial charge in [0, 0.05) is 49.2 Å². The molecule has 2 aliphatic carbocycles. The predicted molar refractivity (Wildman–Crippen MR) is 173 cm³/mol. The molecule has 8 atom stereocenters. The van der Waals surface area contributed by atoms with Crippen LogP contribution in [0.3, 0.4) is 0 Å². The maximum atomic E-state index is 13.6. The number of aliphatic hydroxyl groups is 1. The van der Waals surface area contributed by atoms with Crippen LogP contribution in [-0.2, 0) is 35.1 Å². The van der Waals surface area contributed by atoms with Crippen LogP contribution < -0.4 is 10.4 Å². The van der Waals surface area contributed by atoms with Crippen molar-refractivity contribution < 1.29 is 47.6 Å². The van der Waals surface area contributed by atoms with E-state index in [4.69, 9.17) is 28.1 Å². The highest BCUT2D eigenvalue weighted by molar-refractivity contribution is 5.67. The van der Waals surface area contributed by atoms with E-state index < -0.39 is 70.3 Å². The van der Waals surface area contributed by atoms with Crippen molar-refractivity contribution in [2.24, 2.45) is 22.7 Å². The molecule has 0 spiro atoms. The molecular weight excluding hydrogens is 634 g/mol. The minimum Gasteiger partial charge on any atom is -0.482 e. The molecule has 0 bridgehead atoms. The van der Waals surface area contributed by atoms with Crippen molar-refractivity contribution in [1.82, 2.24) is 4.98 Å². The number of carbonyl (C=O) groups excluding carboxylic acids is 3. The van der Waals surface area contributed by atoms with Crippen LogP contribution in [0.1, 0.15) is 71.1 Å². The molecular formula is C37H41NO11. The van der Waals surface area contributed by atoms with Gasteiger partial charge in [0.15, 0.2) is 0 Å². The van der Waals surface area contributed by atoms with E-state index in [9.17, 15) is 24.3 Å². The lowest BCUT2D eigenvalue weighted by atomic mass is 9.42. The number of aromatic nitrogens is 1. The average Bonchev–Trinajstić information content (AvgIpc) is 3.05. The van der Waals surface area contributed by atoms with Gasteiger partial charge in [-0.1, -0.05) is 44.2 Å². The lowest BCUT2D eigenvalue weighted by molar-refractivity contribution is -0.268. The highest BCUT2D eigenvalue weighted by atomic mass is 16.7. The minimum absolute atomic E-state index is 0.0335. The lowest BCUT2D eigenvalue weighted by Gasteiger charge is -2.66. The molecule has 2 saturated carbocycles. The predicted octanol–water partition coefficient (Wildman–Crippen LogP) is 5.55. The highest BCUT2D eigenvalue weighted by Gasteiger charge is 2.71. The number of benzene rings is 1. The first-order valence-corrected chi connectivity index (χ1v) is 16.4. The molecule has 1 aliphatic heterocycles. The summed E-state index contributed by atoms with van der Waals surface area (Å²) in [7, 11) is 0. The molecule has 12 heteroatoms. The van der Waals surface area contributed by atoms with Crippen molar-refractivity contribution in [3.63, 3.8) is 0 Å². The highest BCUT2D eigenvalue weighted by Crippen LogP contribution is 2.67. The van der Waals surface area contributed by atoms with E-state index in [2.05, 4.69) is 4.98 Å². The Morgan fingerprint density at radius 2 is 1.73 bits per heavy atom. The molecule has 0 saturated heterocycles. The van der Waals surface area contributed by atoms with Crippen LogP contribution in [0.5, 0.6) is 5.75 Å². The van der Waals surface area contributed by atoms with Gasteiger partial charge in [0.1, 0.15) is 48.1 Å². The third-order valence-electron chi connectivity index (χ3n) is 10.9. The molecule has 2 fully saturated rings. The van der Waals surface area contributed by atoms with Gasteiger partial charge in [-0.25, -0.2) is 9.59 Å². The second-order valence-corrected chi connectivity index (χ2v) is 14.0.